The number of carbonyl (C=O) groups is 2. The van der Waals surface area contributed by atoms with E-state index in [0.717, 1.165) is 6.42 Å². The molecule has 1 aliphatic rings. The van der Waals surface area contributed by atoms with Crippen molar-refractivity contribution in [3.05, 3.63) is 34.9 Å². The summed E-state index contributed by atoms with van der Waals surface area (Å²) in [6.45, 7) is 0.530. The molecule has 0 aromatic heterocycles. The minimum absolute atomic E-state index is 0.308. The van der Waals surface area contributed by atoms with Crippen molar-refractivity contribution in [2.24, 2.45) is 0 Å². The second-order valence-electron chi connectivity index (χ2n) is 4.30. The number of amides is 1. The molecule has 0 spiro atoms. The van der Waals surface area contributed by atoms with Crippen LogP contribution in [-0.4, -0.2) is 29.7 Å². The molecule has 1 unspecified atom stereocenters. The number of carboxylic acid groups (broad SMARTS) is 1. The molecule has 1 fully saturated rings. The van der Waals surface area contributed by atoms with Gasteiger partial charge in [-0.2, -0.15) is 0 Å². The third kappa shape index (κ3) is 3.24. The fourth-order valence-electron chi connectivity index (χ4n) is 2.00. The van der Waals surface area contributed by atoms with Crippen molar-refractivity contribution < 1.29 is 19.4 Å². The average molecular weight is 284 g/mol. The van der Waals surface area contributed by atoms with Gasteiger partial charge in [0.15, 0.2) is 6.04 Å². The number of aliphatic carboxylic acids is 1. The fourth-order valence-corrected chi connectivity index (χ4v) is 2.25. The minimum Gasteiger partial charge on any atom is -0.479 e. The van der Waals surface area contributed by atoms with Gasteiger partial charge in [0, 0.05) is 17.2 Å². The molecular formula is C13H14ClNO4. The molecule has 1 aliphatic heterocycles. The maximum absolute atomic E-state index is 11.9. The van der Waals surface area contributed by atoms with E-state index in [0.29, 0.717) is 23.6 Å². The predicted molar refractivity (Wildman–Crippen MR) is 68.9 cm³/mol. The second-order valence-corrected chi connectivity index (χ2v) is 4.71. The molecule has 0 bridgehead atoms. The summed E-state index contributed by atoms with van der Waals surface area (Å²) < 4.78 is 5.22. The molecule has 2 N–H and O–H groups in total. The fraction of sp³-hybridized carbons (Fsp3) is 0.385. The summed E-state index contributed by atoms with van der Waals surface area (Å²) >= 11 is 5.96. The Labute approximate surface area is 115 Å². The van der Waals surface area contributed by atoms with Crippen LogP contribution in [0.15, 0.2) is 24.3 Å². The minimum atomic E-state index is -1.16. The third-order valence-electron chi connectivity index (χ3n) is 2.97. The zero-order chi connectivity index (χ0) is 13.8. The SMILES string of the molecule is O=C(N[C@@H](C(=O)O)c1ccccc1Cl)C1CCCO1. The number of ether oxygens (including phenoxy) is 1. The van der Waals surface area contributed by atoms with Crippen LogP contribution in [0.5, 0.6) is 0 Å². The first-order chi connectivity index (χ1) is 9.09. The summed E-state index contributed by atoms with van der Waals surface area (Å²) in [5, 5.41) is 12.0. The lowest BCUT2D eigenvalue weighted by molar-refractivity contribution is -0.143. The van der Waals surface area contributed by atoms with Gasteiger partial charge in [-0.3, -0.25) is 4.79 Å². The lowest BCUT2D eigenvalue weighted by Crippen LogP contribution is -2.40. The summed E-state index contributed by atoms with van der Waals surface area (Å²) in [5.74, 6) is -1.57. The maximum Gasteiger partial charge on any atom is 0.330 e. The number of nitrogens with one attached hydrogen (secondary N) is 1. The van der Waals surface area contributed by atoms with Crippen LogP contribution in [0.25, 0.3) is 0 Å². The predicted octanol–water partition coefficient (Wildman–Crippen LogP) is 1.76. The number of hydrogen-bond donors (Lipinski definition) is 2. The van der Waals surface area contributed by atoms with E-state index in [2.05, 4.69) is 5.32 Å². The Hall–Kier alpha value is -1.59. The lowest BCUT2D eigenvalue weighted by atomic mass is 10.1. The number of benzene rings is 1. The van der Waals surface area contributed by atoms with Crippen LogP contribution in [0.4, 0.5) is 0 Å². The second kappa shape index (κ2) is 6.04. The molecule has 6 heteroatoms. The van der Waals surface area contributed by atoms with E-state index < -0.39 is 24.0 Å². The van der Waals surface area contributed by atoms with Crippen LogP contribution < -0.4 is 5.32 Å². The first kappa shape index (κ1) is 13.8. The number of rotatable bonds is 4. The highest BCUT2D eigenvalue weighted by Crippen LogP contribution is 2.23. The number of carbonyl (C=O) groups excluding carboxylic acids is 1. The van der Waals surface area contributed by atoms with Crippen molar-refractivity contribution in [1.82, 2.24) is 5.32 Å². The maximum atomic E-state index is 11.9. The molecule has 0 radical (unpaired) electrons. The molecule has 2 rings (SSSR count). The molecule has 19 heavy (non-hydrogen) atoms. The largest absolute Gasteiger partial charge is 0.479 e. The average Bonchev–Trinajstić information content (AvgIpc) is 2.90. The smallest absolute Gasteiger partial charge is 0.330 e. The number of halogens is 1. The van der Waals surface area contributed by atoms with Gasteiger partial charge in [0.1, 0.15) is 6.10 Å². The van der Waals surface area contributed by atoms with Crippen LogP contribution in [0.2, 0.25) is 5.02 Å². The van der Waals surface area contributed by atoms with Gasteiger partial charge >= 0.3 is 5.97 Å². The summed E-state index contributed by atoms with van der Waals surface area (Å²) in [4.78, 5) is 23.2. The molecule has 1 saturated heterocycles. The molecule has 0 saturated carbocycles. The molecule has 102 valence electrons. The van der Waals surface area contributed by atoms with E-state index in [-0.39, 0.29) is 0 Å². The van der Waals surface area contributed by atoms with Gasteiger partial charge in [-0.05, 0) is 18.9 Å². The van der Waals surface area contributed by atoms with Gasteiger partial charge in [-0.15, -0.1) is 0 Å². The van der Waals surface area contributed by atoms with Crippen LogP contribution in [0.3, 0.4) is 0 Å². The summed E-state index contributed by atoms with van der Waals surface area (Å²) in [5.41, 5.74) is 0.364. The molecule has 1 amide bonds. The van der Waals surface area contributed by atoms with Crippen LogP contribution in [-0.2, 0) is 14.3 Å². The van der Waals surface area contributed by atoms with Crippen molar-refractivity contribution in [2.45, 2.75) is 25.0 Å². The van der Waals surface area contributed by atoms with E-state index in [4.69, 9.17) is 16.3 Å². The number of carboxylic acids is 1. The molecule has 1 heterocycles. The molecule has 1 aromatic carbocycles. The highest BCUT2D eigenvalue weighted by Gasteiger charge is 2.29. The van der Waals surface area contributed by atoms with Crippen molar-refractivity contribution in [1.29, 1.82) is 0 Å². The van der Waals surface area contributed by atoms with E-state index in [9.17, 15) is 14.7 Å². The van der Waals surface area contributed by atoms with E-state index in [1.165, 1.54) is 0 Å². The molecular weight excluding hydrogens is 270 g/mol. The Bertz CT molecular complexity index is 485. The summed E-state index contributed by atoms with van der Waals surface area (Å²) in [7, 11) is 0. The Morgan fingerprint density at radius 2 is 2.16 bits per heavy atom. The van der Waals surface area contributed by atoms with Crippen LogP contribution in [0.1, 0.15) is 24.4 Å². The monoisotopic (exact) mass is 283 g/mol. The first-order valence-electron chi connectivity index (χ1n) is 5.99. The van der Waals surface area contributed by atoms with E-state index in [1.807, 2.05) is 0 Å². The zero-order valence-electron chi connectivity index (χ0n) is 10.1. The quantitative estimate of drug-likeness (QED) is 0.883. The Morgan fingerprint density at radius 3 is 2.74 bits per heavy atom. The van der Waals surface area contributed by atoms with Crippen molar-refractivity contribution in [3.63, 3.8) is 0 Å². The third-order valence-corrected chi connectivity index (χ3v) is 3.32. The van der Waals surface area contributed by atoms with Crippen molar-refractivity contribution >= 4 is 23.5 Å². The molecule has 2 atom stereocenters. The Balaban J connectivity index is 2.15. The van der Waals surface area contributed by atoms with Gasteiger partial charge in [-0.1, -0.05) is 29.8 Å². The van der Waals surface area contributed by atoms with E-state index >= 15 is 0 Å². The van der Waals surface area contributed by atoms with E-state index in [1.54, 1.807) is 24.3 Å². The normalized spacial score (nSPS) is 19.9. The summed E-state index contributed by atoms with van der Waals surface area (Å²) in [6.07, 6.45) is 0.854. The van der Waals surface area contributed by atoms with Gasteiger partial charge in [0.2, 0.25) is 5.91 Å². The Kier molecular flexibility index (Phi) is 4.39. The van der Waals surface area contributed by atoms with Gasteiger partial charge in [0.25, 0.3) is 0 Å². The van der Waals surface area contributed by atoms with Gasteiger partial charge in [-0.25, -0.2) is 4.79 Å². The van der Waals surface area contributed by atoms with Crippen molar-refractivity contribution in [3.8, 4) is 0 Å². The highest BCUT2D eigenvalue weighted by molar-refractivity contribution is 6.31. The van der Waals surface area contributed by atoms with Crippen LogP contribution >= 0.6 is 11.6 Å². The zero-order valence-corrected chi connectivity index (χ0v) is 10.9. The highest BCUT2D eigenvalue weighted by atomic mass is 35.5. The number of hydrogen-bond acceptors (Lipinski definition) is 3. The molecule has 0 aliphatic carbocycles. The Morgan fingerprint density at radius 1 is 1.42 bits per heavy atom. The van der Waals surface area contributed by atoms with Crippen molar-refractivity contribution in [2.75, 3.05) is 6.61 Å². The molecule has 1 aromatic rings. The lowest BCUT2D eigenvalue weighted by Gasteiger charge is -2.18. The van der Waals surface area contributed by atoms with Gasteiger partial charge < -0.3 is 15.2 Å². The summed E-state index contributed by atoms with van der Waals surface area (Å²) in [6, 6.07) is 5.38. The molecule has 5 nitrogen and oxygen atoms in total. The van der Waals surface area contributed by atoms with Crippen LogP contribution in [0, 0.1) is 0 Å². The standard InChI is InChI=1S/C13H14ClNO4/c14-9-5-2-1-4-8(9)11(13(17)18)15-12(16)10-6-3-7-19-10/h1-2,4-5,10-11H,3,6-7H2,(H,15,16)(H,17,18)/t10?,11-/m1/s1. The topological polar surface area (TPSA) is 75.6 Å². The first-order valence-corrected chi connectivity index (χ1v) is 6.36. The van der Waals surface area contributed by atoms with Gasteiger partial charge in [0.05, 0.1) is 0 Å².